The number of rotatable bonds is 2. The first-order valence-corrected chi connectivity index (χ1v) is 7.98. The molecular formula is C16H28N4. The minimum atomic E-state index is 0.342. The molecule has 0 spiro atoms. The van der Waals surface area contributed by atoms with Gasteiger partial charge in [-0.3, -0.25) is 0 Å². The van der Waals surface area contributed by atoms with Crippen molar-refractivity contribution in [1.82, 2.24) is 15.1 Å². The fraction of sp³-hybridized carbons (Fsp3) is 0.812. The summed E-state index contributed by atoms with van der Waals surface area (Å²) in [6.45, 7) is 12.6. The molecular weight excluding hydrogens is 248 g/mol. The number of nitrogens with zero attached hydrogens (tertiary/aromatic N) is 2. The quantitative estimate of drug-likeness (QED) is 0.872. The van der Waals surface area contributed by atoms with Crippen LogP contribution in [0.25, 0.3) is 0 Å². The van der Waals surface area contributed by atoms with Crippen LogP contribution in [0.15, 0.2) is 6.07 Å². The molecule has 3 heterocycles. The smallest absolute Gasteiger partial charge is 0.124 e. The lowest BCUT2D eigenvalue weighted by Crippen LogP contribution is -2.44. The van der Waals surface area contributed by atoms with Gasteiger partial charge in [0, 0.05) is 25.1 Å². The van der Waals surface area contributed by atoms with Gasteiger partial charge < -0.3 is 10.6 Å². The molecule has 1 aromatic heterocycles. The molecule has 1 fully saturated rings. The summed E-state index contributed by atoms with van der Waals surface area (Å²) >= 11 is 0. The maximum Gasteiger partial charge on any atom is 0.124 e. The van der Waals surface area contributed by atoms with E-state index in [1.807, 2.05) is 0 Å². The normalized spacial score (nSPS) is 27.4. The predicted octanol–water partition coefficient (Wildman–Crippen LogP) is 2.68. The van der Waals surface area contributed by atoms with E-state index in [0.29, 0.717) is 23.3 Å². The number of anilines is 1. The summed E-state index contributed by atoms with van der Waals surface area (Å²) < 4.78 is 2.26. The van der Waals surface area contributed by atoms with Crippen LogP contribution in [-0.2, 0) is 6.42 Å². The Hall–Kier alpha value is -1.03. The van der Waals surface area contributed by atoms with Crippen molar-refractivity contribution in [3.8, 4) is 0 Å². The number of nitrogens with one attached hydrogen (secondary N) is 2. The van der Waals surface area contributed by atoms with Crippen LogP contribution in [0.3, 0.4) is 0 Å². The highest BCUT2D eigenvalue weighted by molar-refractivity contribution is 5.40. The Morgan fingerprint density at radius 1 is 1.40 bits per heavy atom. The summed E-state index contributed by atoms with van der Waals surface area (Å²) in [5.41, 5.74) is 1.59. The van der Waals surface area contributed by atoms with Gasteiger partial charge in [0.1, 0.15) is 5.82 Å². The summed E-state index contributed by atoms with van der Waals surface area (Å²) in [6.07, 6.45) is 2.27. The standard InChI is InChI=1S/C16H28N4/c1-11(16(2,3)4)7-13-8-15-18-10-12-9-17-6-5-14(12)20(15)19-13/h8,11-12,14,17-18H,5-7,9-10H2,1-4H3. The fourth-order valence-electron chi connectivity index (χ4n) is 3.22. The van der Waals surface area contributed by atoms with Crippen LogP contribution in [-0.4, -0.2) is 29.4 Å². The first-order chi connectivity index (χ1) is 9.45. The SMILES string of the molecule is CC(Cc1cc2n(n1)C1CCNCC1CN2)C(C)(C)C. The zero-order chi connectivity index (χ0) is 14.3. The van der Waals surface area contributed by atoms with Crippen LogP contribution in [0.5, 0.6) is 0 Å². The van der Waals surface area contributed by atoms with Crippen LogP contribution in [0.1, 0.15) is 45.9 Å². The number of hydrogen-bond donors (Lipinski definition) is 2. The predicted molar refractivity (Wildman–Crippen MR) is 83.1 cm³/mol. The van der Waals surface area contributed by atoms with Gasteiger partial charge in [0.05, 0.1) is 11.7 Å². The van der Waals surface area contributed by atoms with E-state index < -0.39 is 0 Å². The Bertz CT molecular complexity index is 471. The van der Waals surface area contributed by atoms with E-state index in [-0.39, 0.29) is 0 Å². The van der Waals surface area contributed by atoms with Crippen LogP contribution < -0.4 is 10.6 Å². The molecule has 112 valence electrons. The number of fused-ring (bicyclic) bond motifs is 3. The molecule has 4 nitrogen and oxygen atoms in total. The summed E-state index contributed by atoms with van der Waals surface area (Å²) in [5.74, 6) is 2.55. The fourth-order valence-corrected chi connectivity index (χ4v) is 3.22. The van der Waals surface area contributed by atoms with Gasteiger partial charge in [0.15, 0.2) is 0 Å². The van der Waals surface area contributed by atoms with Gasteiger partial charge in [0.25, 0.3) is 0 Å². The molecule has 0 radical (unpaired) electrons. The molecule has 0 amide bonds. The third-order valence-electron chi connectivity index (χ3n) is 5.21. The van der Waals surface area contributed by atoms with Crippen LogP contribution in [0, 0.1) is 17.3 Å². The van der Waals surface area contributed by atoms with Crippen LogP contribution in [0.2, 0.25) is 0 Å². The largest absolute Gasteiger partial charge is 0.370 e. The van der Waals surface area contributed by atoms with E-state index in [1.165, 1.54) is 17.9 Å². The minimum Gasteiger partial charge on any atom is -0.370 e. The second-order valence-corrected chi connectivity index (χ2v) is 7.64. The van der Waals surface area contributed by atoms with Crippen molar-refractivity contribution < 1.29 is 0 Å². The maximum absolute atomic E-state index is 4.92. The zero-order valence-electron chi connectivity index (χ0n) is 13.2. The van der Waals surface area contributed by atoms with Gasteiger partial charge in [-0.25, -0.2) is 4.68 Å². The van der Waals surface area contributed by atoms with Gasteiger partial charge in [-0.05, 0) is 30.7 Å². The topological polar surface area (TPSA) is 41.9 Å². The Labute approximate surface area is 122 Å². The van der Waals surface area contributed by atoms with E-state index in [0.717, 1.165) is 26.1 Å². The third kappa shape index (κ3) is 2.58. The molecule has 0 aliphatic carbocycles. The van der Waals surface area contributed by atoms with Gasteiger partial charge in [-0.15, -0.1) is 0 Å². The Kier molecular flexibility index (Phi) is 3.53. The van der Waals surface area contributed by atoms with Crippen LogP contribution in [0.4, 0.5) is 5.82 Å². The Balaban J connectivity index is 1.78. The van der Waals surface area contributed by atoms with Crippen molar-refractivity contribution in [3.63, 3.8) is 0 Å². The third-order valence-corrected chi connectivity index (χ3v) is 5.21. The monoisotopic (exact) mass is 276 g/mol. The van der Waals surface area contributed by atoms with Gasteiger partial charge >= 0.3 is 0 Å². The summed E-state index contributed by atoms with van der Waals surface area (Å²) in [7, 11) is 0. The first kappa shape index (κ1) is 13.9. The zero-order valence-corrected chi connectivity index (χ0v) is 13.2. The lowest BCUT2D eigenvalue weighted by molar-refractivity contribution is 0.233. The van der Waals surface area contributed by atoms with Crippen LogP contribution >= 0.6 is 0 Å². The molecule has 3 unspecified atom stereocenters. The molecule has 1 aromatic rings. The maximum atomic E-state index is 4.92. The van der Waals surface area contributed by atoms with Crippen molar-refractivity contribution in [3.05, 3.63) is 11.8 Å². The van der Waals surface area contributed by atoms with Crippen molar-refractivity contribution in [2.45, 2.75) is 46.6 Å². The van der Waals surface area contributed by atoms with E-state index in [2.05, 4.69) is 49.1 Å². The molecule has 20 heavy (non-hydrogen) atoms. The first-order valence-electron chi connectivity index (χ1n) is 7.98. The molecule has 1 saturated heterocycles. The molecule has 0 aromatic carbocycles. The van der Waals surface area contributed by atoms with Crippen molar-refractivity contribution in [2.24, 2.45) is 17.3 Å². The minimum absolute atomic E-state index is 0.342. The van der Waals surface area contributed by atoms with Gasteiger partial charge in [0.2, 0.25) is 0 Å². The van der Waals surface area contributed by atoms with Crippen molar-refractivity contribution >= 4 is 5.82 Å². The summed E-state index contributed by atoms with van der Waals surface area (Å²) in [6, 6.07) is 2.85. The van der Waals surface area contributed by atoms with E-state index in [4.69, 9.17) is 5.10 Å². The molecule has 3 atom stereocenters. The average molecular weight is 276 g/mol. The van der Waals surface area contributed by atoms with E-state index >= 15 is 0 Å². The molecule has 2 aliphatic heterocycles. The Morgan fingerprint density at radius 2 is 2.20 bits per heavy atom. The summed E-state index contributed by atoms with van der Waals surface area (Å²) in [5, 5.41) is 12.0. The lowest BCUT2D eigenvalue weighted by atomic mass is 9.79. The Morgan fingerprint density at radius 3 is 2.95 bits per heavy atom. The number of piperidine rings is 1. The lowest BCUT2D eigenvalue weighted by Gasteiger charge is -2.37. The highest BCUT2D eigenvalue weighted by atomic mass is 15.4. The average Bonchev–Trinajstić information content (AvgIpc) is 2.80. The highest BCUT2D eigenvalue weighted by Gasteiger charge is 2.33. The van der Waals surface area contributed by atoms with Crippen molar-refractivity contribution in [1.29, 1.82) is 0 Å². The molecule has 3 rings (SSSR count). The second kappa shape index (κ2) is 5.06. The second-order valence-electron chi connectivity index (χ2n) is 7.64. The van der Waals surface area contributed by atoms with Crippen molar-refractivity contribution in [2.75, 3.05) is 25.0 Å². The summed E-state index contributed by atoms with van der Waals surface area (Å²) in [4.78, 5) is 0. The molecule has 0 saturated carbocycles. The molecule has 2 aliphatic rings. The molecule has 4 heteroatoms. The number of hydrogen-bond acceptors (Lipinski definition) is 3. The number of aromatic nitrogens is 2. The van der Waals surface area contributed by atoms with Gasteiger partial charge in [-0.1, -0.05) is 27.7 Å². The molecule has 0 bridgehead atoms. The highest BCUT2D eigenvalue weighted by Crippen LogP contribution is 2.34. The van der Waals surface area contributed by atoms with Gasteiger partial charge in [-0.2, -0.15) is 5.10 Å². The van der Waals surface area contributed by atoms with E-state index in [1.54, 1.807) is 0 Å². The molecule has 2 N–H and O–H groups in total. The van der Waals surface area contributed by atoms with E-state index in [9.17, 15) is 0 Å².